The van der Waals surface area contributed by atoms with E-state index in [2.05, 4.69) is 0 Å². The highest BCUT2D eigenvalue weighted by Crippen LogP contribution is 1.73. The molecule has 0 aromatic heterocycles. The number of carboxylic acid groups (broad SMARTS) is 1. The fourth-order valence-corrected chi connectivity index (χ4v) is 0.193. The minimum atomic E-state index is -1.09. The zero-order chi connectivity index (χ0) is 7.28. The molecule has 50 valence electrons. The van der Waals surface area contributed by atoms with Crippen molar-refractivity contribution >= 4 is 12.3 Å². The van der Waals surface area contributed by atoms with Crippen molar-refractivity contribution in [2.75, 3.05) is 0 Å². The van der Waals surface area contributed by atoms with E-state index in [4.69, 9.17) is 16.4 Å². The van der Waals surface area contributed by atoms with E-state index in [0.717, 1.165) is 23.6 Å². The van der Waals surface area contributed by atoms with Crippen LogP contribution in [0.4, 0.5) is 0 Å². The predicted octanol–water partition coefficient (Wildman–Crippen LogP) is -0.633. The number of hydrazine groups is 1. The molecular formula is C4H7N3O2. The number of aliphatic carboxylic acids is 1. The van der Waals surface area contributed by atoms with Gasteiger partial charge in [-0.05, 0) is 0 Å². The van der Waals surface area contributed by atoms with E-state index in [1.165, 1.54) is 0 Å². The summed E-state index contributed by atoms with van der Waals surface area (Å²) < 4.78 is 0. The summed E-state index contributed by atoms with van der Waals surface area (Å²) in [4.78, 5) is 9.78. The van der Waals surface area contributed by atoms with Crippen molar-refractivity contribution in [1.29, 1.82) is 5.41 Å². The maximum absolute atomic E-state index is 9.78. The van der Waals surface area contributed by atoms with Gasteiger partial charge in [0, 0.05) is 12.3 Å². The van der Waals surface area contributed by atoms with E-state index in [1.807, 2.05) is 0 Å². The molecule has 5 nitrogen and oxygen atoms in total. The van der Waals surface area contributed by atoms with Gasteiger partial charge in [-0.3, -0.25) is 10.4 Å². The Hall–Kier alpha value is -1.36. The van der Waals surface area contributed by atoms with E-state index in [0.29, 0.717) is 0 Å². The molecule has 0 bridgehead atoms. The van der Waals surface area contributed by atoms with Crippen molar-refractivity contribution in [2.24, 2.45) is 5.84 Å². The van der Waals surface area contributed by atoms with Gasteiger partial charge in [0.25, 0.3) is 0 Å². The van der Waals surface area contributed by atoms with Gasteiger partial charge in [-0.15, -0.1) is 0 Å². The Morgan fingerprint density at radius 2 is 2.33 bits per heavy atom. The quantitative estimate of drug-likeness (QED) is 0.155. The average Bonchev–Trinajstić information content (AvgIpc) is 1.83. The maximum atomic E-state index is 9.78. The molecule has 0 unspecified atom stereocenters. The van der Waals surface area contributed by atoms with Crippen LogP contribution in [0, 0.1) is 5.41 Å². The maximum Gasteiger partial charge on any atom is 0.329 e. The van der Waals surface area contributed by atoms with Gasteiger partial charge in [0.2, 0.25) is 0 Å². The topological polar surface area (TPSA) is 90.4 Å². The van der Waals surface area contributed by atoms with Gasteiger partial charge >= 0.3 is 5.97 Å². The average molecular weight is 129 g/mol. The molecule has 0 aromatic carbocycles. The van der Waals surface area contributed by atoms with Crippen LogP contribution in [0.2, 0.25) is 0 Å². The van der Waals surface area contributed by atoms with Crippen molar-refractivity contribution < 1.29 is 9.90 Å². The number of carbonyl (C=O) groups is 1. The Labute approximate surface area is 51.9 Å². The molecule has 4 N–H and O–H groups in total. The fraction of sp³-hybridized carbons (Fsp3) is 0. The highest BCUT2D eigenvalue weighted by molar-refractivity contribution is 5.79. The molecule has 0 aliphatic rings. The molecule has 0 amide bonds. The molecule has 0 aliphatic heterocycles. The highest BCUT2D eigenvalue weighted by Gasteiger charge is 1.85. The first-order chi connectivity index (χ1) is 4.16. The summed E-state index contributed by atoms with van der Waals surface area (Å²) in [6.45, 7) is 0. The number of nitrogens with zero attached hydrogens (tertiary/aromatic N) is 1. The van der Waals surface area contributed by atoms with Gasteiger partial charge in [-0.1, -0.05) is 0 Å². The zero-order valence-electron chi connectivity index (χ0n) is 4.61. The van der Waals surface area contributed by atoms with Gasteiger partial charge in [0.05, 0.1) is 0 Å². The lowest BCUT2D eigenvalue weighted by atomic mass is 10.6. The summed E-state index contributed by atoms with van der Waals surface area (Å²) in [5.41, 5.74) is 0. The van der Waals surface area contributed by atoms with E-state index in [-0.39, 0.29) is 0 Å². The number of carboxylic acids is 1. The number of nitrogens with one attached hydrogen (secondary N) is 1. The second kappa shape index (κ2) is 3.62. The van der Waals surface area contributed by atoms with Crippen molar-refractivity contribution in [1.82, 2.24) is 5.01 Å². The largest absolute Gasteiger partial charge is 0.478 e. The first-order valence-corrected chi connectivity index (χ1v) is 2.11. The van der Waals surface area contributed by atoms with E-state index in [9.17, 15) is 4.79 Å². The standard InChI is InChI=1S/C4H7N3O2/c5-3-7(6)2-1-4(8)9/h1-3,5H,6H2,(H,8,9)/b2-1-,5-3?. The minimum absolute atomic E-state index is 0.791. The van der Waals surface area contributed by atoms with Crippen LogP contribution in [0.25, 0.3) is 0 Å². The Morgan fingerprint density at radius 3 is 2.67 bits per heavy atom. The lowest BCUT2D eigenvalue weighted by molar-refractivity contribution is -0.131. The van der Waals surface area contributed by atoms with Crippen molar-refractivity contribution in [3.8, 4) is 0 Å². The van der Waals surface area contributed by atoms with Crippen LogP contribution < -0.4 is 5.84 Å². The number of hydrogen-bond acceptors (Lipinski definition) is 3. The molecule has 0 rings (SSSR count). The number of rotatable bonds is 3. The van der Waals surface area contributed by atoms with Gasteiger partial charge < -0.3 is 5.11 Å². The third-order valence-electron chi connectivity index (χ3n) is 0.538. The van der Waals surface area contributed by atoms with Crippen LogP contribution in [0.3, 0.4) is 0 Å². The Balaban J connectivity index is 3.69. The molecule has 0 saturated carbocycles. The Kier molecular flexibility index (Phi) is 3.07. The summed E-state index contributed by atoms with van der Waals surface area (Å²) in [7, 11) is 0. The van der Waals surface area contributed by atoms with Gasteiger partial charge in [0.1, 0.15) is 6.34 Å². The summed E-state index contributed by atoms with van der Waals surface area (Å²) in [6.07, 6.45) is 2.69. The van der Waals surface area contributed by atoms with Gasteiger partial charge in [-0.25, -0.2) is 10.6 Å². The van der Waals surface area contributed by atoms with Crippen molar-refractivity contribution in [3.05, 3.63) is 12.3 Å². The second-order valence-corrected chi connectivity index (χ2v) is 1.23. The van der Waals surface area contributed by atoms with Crippen LogP contribution in [-0.2, 0) is 4.79 Å². The van der Waals surface area contributed by atoms with Crippen LogP contribution in [0.5, 0.6) is 0 Å². The molecule has 0 radical (unpaired) electrons. The Morgan fingerprint density at radius 1 is 1.78 bits per heavy atom. The predicted molar refractivity (Wildman–Crippen MR) is 31.6 cm³/mol. The molecular weight excluding hydrogens is 122 g/mol. The van der Waals surface area contributed by atoms with Gasteiger partial charge in [-0.2, -0.15) is 0 Å². The molecule has 0 aliphatic carbocycles. The van der Waals surface area contributed by atoms with E-state index in [1.54, 1.807) is 0 Å². The summed E-state index contributed by atoms with van der Waals surface area (Å²) >= 11 is 0. The van der Waals surface area contributed by atoms with E-state index >= 15 is 0 Å². The van der Waals surface area contributed by atoms with Crippen molar-refractivity contribution in [2.45, 2.75) is 0 Å². The lowest BCUT2D eigenvalue weighted by Gasteiger charge is -2.00. The first kappa shape index (κ1) is 7.64. The van der Waals surface area contributed by atoms with Crippen LogP contribution >= 0.6 is 0 Å². The summed E-state index contributed by atoms with van der Waals surface area (Å²) in [5, 5.41) is 15.3. The molecule has 0 saturated heterocycles. The lowest BCUT2D eigenvalue weighted by Crippen LogP contribution is -2.22. The minimum Gasteiger partial charge on any atom is -0.478 e. The highest BCUT2D eigenvalue weighted by atomic mass is 16.4. The Bertz CT molecular complexity index is 143. The monoisotopic (exact) mass is 129 g/mol. The summed E-state index contributed by atoms with van der Waals surface area (Å²) in [6, 6.07) is 0. The zero-order valence-corrected chi connectivity index (χ0v) is 4.61. The smallest absolute Gasteiger partial charge is 0.329 e. The molecule has 0 spiro atoms. The third-order valence-corrected chi connectivity index (χ3v) is 0.538. The molecule has 0 aromatic rings. The van der Waals surface area contributed by atoms with E-state index < -0.39 is 5.97 Å². The summed E-state index contributed by atoms with van der Waals surface area (Å²) in [5.74, 6) is 3.87. The second-order valence-electron chi connectivity index (χ2n) is 1.23. The third kappa shape index (κ3) is 4.49. The number of nitrogens with two attached hydrogens (primary N) is 1. The normalized spacial score (nSPS) is 9.44. The molecule has 0 atom stereocenters. The van der Waals surface area contributed by atoms with Crippen molar-refractivity contribution in [3.63, 3.8) is 0 Å². The van der Waals surface area contributed by atoms with Crippen LogP contribution in [-0.4, -0.2) is 22.4 Å². The molecule has 9 heavy (non-hydrogen) atoms. The SMILES string of the molecule is N=CN(N)/C=C\C(=O)O. The first-order valence-electron chi connectivity index (χ1n) is 2.11. The number of hydrogen-bond donors (Lipinski definition) is 3. The fourth-order valence-electron chi connectivity index (χ4n) is 0.193. The van der Waals surface area contributed by atoms with Gasteiger partial charge in [0.15, 0.2) is 0 Å². The molecule has 0 heterocycles. The molecule has 5 heteroatoms. The van der Waals surface area contributed by atoms with Crippen LogP contribution in [0.15, 0.2) is 12.3 Å². The molecule has 0 fully saturated rings. The van der Waals surface area contributed by atoms with Crippen LogP contribution in [0.1, 0.15) is 0 Å².